The summed E-state index contributed by atoms with van der Waals surface area (Å²) < 4.78 is 0.687. The molecule has 2 atom stereocenters. The summed E-state index contributed by atoms with van der Waals surface area (Å²) in [6.07, 6.45) is 3.63. The number of aliphatic carboxylic acids is 1. The van der Waals surface area contributed by atoms with Crippen molar-refractivity contribution in [1.82, 2.24) is 15.2 Å². The highest BCUT2D eigenvalue weighted by Crippen LogP contribution is 2.39. The summed E-state index contributed by atoms with van der Waals surface area (Å²) in [5.41, 5.74) is 5.66. The van der Waals surface area contributed by atoms with Crippen LogP contribution in [0.5, 0.6) is 0 Å². The van der Waals surface area contributed by atoms with Gasteiger partial charge < -0.3 is 25.5 Å². The monoisotopic (exact) mass is 481 g/mol. The van der Waals surface area contributed by atoms with Crippen molar-refractivity contribution in [3.63, 3.8) is 0 Å². The molecule has 2 unspecified atom stereocenters. The Bertz CT molecular complexity index is 1030. The number of amides is 2. The van der Waals surface area contributed by atoms with Gasteiger partial charge in [0, 0.05) is 16.0 Å². The van der Waals surface area contributed by atoms with Crippen LogP contribution in [0.25, 0.3) is 0 Å². The Balaban J connectivity index is 1.78. The number of thiazole rings is 1. The fourth-order valence-corrected chi connectivity index (χ4v) is 4.98. The van der Waals surface area contributed by atoms with Gasteiger partial charge in [0.1, 0.15) is 24.5 Å². The normalized spacial score (nSPS) is 21.4. The minimum Gasteiger partial charge on any atom is -0.477 e. The lowest BCUT2D eigenvalue weighted by molar-refractivity contribution is -0.864. The third kappa shape index (κ3) is 4.95. The van der Waals surface area contributed by atoms with Crippen LogP contribution in [0.3, 0.4) is 0 Å². The molecule has 2 amide bonds. The number of fused-ring (bicyclic) bond motifs is 1. The number of nitrogens with zero attached hydrogens (tertiary/aromatic N) is 4. The Morgan fingerprint density at radius 2 is 2.19 bits per heavy atom. The number of carbonyl (C=O) groups excluding carboxylic acids is 2. The van der Waals surface area contributed by atoms with E-state index in [0.717, 1.165) is 11.3 Å². The third-order valence-corrected chi connectivity index (χ3v) is 6.50. The lowest BCUT2D eigenvalue weighted by Crippen LogP contribution is -2.73. The first-order valence-corrected chi connectivity index (χ1v) is 11.4. The minimum atomic E-state index is -1.19. The lowest BCUT2D eigenvalue weighted by atomic mass is 9.94. The van der Waals surface area contributed by atoms with E-state index in [2.05, 4.69) is 15.5 Å². The van der Waals surface area contributed by atoms with E-state index in [4.69, 9.17) is 10.6 Å². The summed E-state index contributed by atoms with van der Waals surface area (Å²) in [6, 6.07) is -1.36. The van der Waals surface area contributed by atoms with Gasteiger partial charge in [0.15, 0.2) is 10.8 Å². The number of oxime groups is 1. The molecule has 3 heterocycles. The number of nitrogen functional groups attached to an aromatic ring is 1. The molecular formula is C19H25N6O5S2+. The Morgan fingerprint density at radius 1 is 1.47 bits per heavy atom. The Hall–Kier alpha value is -2.90. The summed E-state index contributed by atoms with van der Waals surface area (Å²) in [6.45, 7) is 0.704. The van der Waals surface area contributed by atoms with E-state index in [1.807, 2.05) is 27.2 Å². The highest BCUT2D eigenvalue weighted by molar-refractivity contribution is 8.03. The SMILES string of the molecule is CON=C(C(=O)NC1C(=O)N2C(C(=O)O)=C(C=CC[N+](C)(C)C)SCC12)c1csc(N)n1. The van der Waals surface area contributed by atoms with Crippen LogP contribution in [0.2, 0.25) is 0 Å². The molecule has 0 bridgehead atoms. The van der Waals surface area contributed by atoms with Gasteiger partial charge in [-0.05, 0) is 12.2 Å². The number of β-lactam (4-membered cyclic amide) rings is 1. The van der Waals surface area contributed by atoms with Crippen molar-refractivity contribution in [2.45, 2.75) is 12.1 Å². The average molecular weight is 482 g/mol. The van der Waals surface area contributed by atoms with Crippen LogP contribution >= 0.6 is 23.1 Å². The van der Waals surface area contributed by atoms with E-state index in [0.29, 0.717) is 21.7 Å². The van der Waals surface area contributed by atoms with E-state index in [1.165, 1.54) is 23.8 Å². The molecule has 2 aliphatic rings. The van der Waals surface area contributed by atoms with Crippen LogP contribution in [-0.2, 0) is 19.2 Å². The Kier molecular flexibility index (Phi) is 6.91. The van der Waals surface area contributed by atoms with Gasteiger partial charge in [0.05, 0.1) is 33.7 Å². The number of rotatable bonds is 8. The van der Waals surface area contributed by atoms with Gasteiger partial charge in [-0.3, -0.25) is 14.5 Å². The van der Waals surface area contributed by atoms with E-state index in [-0.39, 0.29) is 22.2 Å². The molecule has 172 valence electrons. The minimum absolute atomic E-state index is 0.0718. The zero-order chi connectivity index (χ0) is 23.6. The maximum atomic E-state index is 12.8. The number of anilines is 1. The number of carbonyl (C=O) groups is 3. The molecule has 1 aromatic rings. The smallest absolute Gasteiger partial charge is 0.353 e. The number of quaternary nitrogens is 1. The highest BCUT2D eigenvalue weighted by atomic mass is 32.2. The van der Waals surface area contributed by atoms with Crippen molar-refractivity contribution < 1.29 is 28.8 Å². The molecular weight excluding hydrogens is 456 g/mol. The van der Waals surface area contributed by atoms with Crippen LogP contribution in [0.1, 0.15) is 5.69 Å². The second-order valence-corrected chi connectivity index (χ2v) is 10.1. The molecule has 1 saturated heterocycles. The molecule has 13 heteroatoms. The van der Waals surface area contributed by atoms with Gasteiger partial charge >= 0.3 is 5.97 Å². The Morgan fingerprint density at radius 3 is 2.75 bits per heavy atom. The molecule has 0 spiro atoms. The fraction of sp³-hybridized carbons (Fsp3) is 0.421. The molecule has 0 aromatic carbocycles. The molecule has 3 rings (SSSR count). The molecule has 1 fully saturated rings. The first-order chi connectivity index (χ1) is 15.0. The Labute approximate surface area is 193 Å². The van der Waals surface area contributed by atoms with Gasteiger partial charge in [0.25, 0.3) is 11.8 Å². The fourth-order valence-electron chi connectivity index (χ4n) is 3.22. The highest BCUT2D eigenvalue weighted by Gasteiger charge is 2.54. The molecule has 0 saturated carbocycles. The van der Waals surface area contributed by atoms with Gasteiger partial charge in [0.2, 0.25) is 0 Å². The zero-order valence-electron chi connectivity index (χ0n) is 18.1. The largest absolute Gasteiger partial charge is 0.477 e. The predicted molar refractivity (Wildman–Crippen MR) is 122 cm³/mol. The summed E-state index contributed by atoms with van der Waals surface area (Å²) in [4.78, 5) is 48.0. The lowest BCUT2D eigenvalue weighted by Gasteiger charge is -2.49. The number of carboxylic acid groups (broad SMARTS) is 1. The summed E-state index contributed by atoms with van der Waals surface area (Å²) >= 11 is 2.48. The standard InChI is InChI=1S/C19H24N6O5S2/c1-25(2,3)7-5-6-12-15(18(28)29)24-11(9-31-12)14(17(24)27)22-16(26)13(23-30-4)10-8-32-19(20)21-10/h5-6,8,11,14H,7,9H2,1-4H3,(H3-,20,21,22,26,28,29)/p+1. The molecule has 2 aliphatic heterocycles. The summed E-state index contributed by atoms with van der Waals surface area (Å²) in [5, 5.41) is 17.9. The van der Waals surface area contributed by atoms with Gasteiger partial charge in [-0.1, -0.05) is 5.16 Å². The van der Waals surface area contributed by atoms with E-state index >= 15 is 0 Å². The van der Waals surface area contributed by atoms with Gasteiger partial charge in [-0.15, -0.1) is 23.1 Å². The average Bonchev–Trinajstić information content (AvgIpc) is 3.14. The molecule has 1 aromatic heterocycles. The van der Waals surface area contributed by atoms with Crippen LogP contribution in [0, 0.1) is 0 Å². The van der Waals surface area contributed by atoms with Crippen LogP contribution in [0.15, 0.2) is 33.3 Å². The van der Waals surface area contributed by atoms with Crippen LogP contribution < -0.4 is 11.1 Å². The first kappa shape index (κ1) is 23.8. The number of hydrogen-bond acceptors (Lipinski definition) is 9. The van der Waals surface area contributed by atoms with Crippen molar-refractivity contribution >= 4 is 51.7 Å². The molecule has 0 radical (unpaired) electrons. The van der Waals surface area contributed by atoms with Crippen LogP contribution in [0.4, 0.5) is 5.13 Å². The number of nitrogens with two attached hydrogens (primary N) is 1. The topological polar surface area (TPSA) is 147 Å². The zero-order valence-corrected chi connectivity index (χ0v) is 19.7. The number of carboxylic acids is 1. The maximum Gasteiger partial charge on any atom is 0.353 e. The van der Waals surface area contributed by atoms with Crippen molar-refractivity contribution in [3.8, 4) is 0 Å². The number of aromatic nitrogens is 1. The van der Waals surface area contributed by atoms with E-state index < -0.39 is 29.9 Å². The molecule has 4 N–H and O–H groups in total. The van der Waals surface area contributed by atoms with Crippen molar-refractivity contribution in [2.75, 3.05) is 46.3 Å². The summed E-state index contributed by atoms with van der Waals surface area (Å²) in [5.74, 6) is -1.90. The second-order valence-electron chi connectivity index (χ2n) is 8.12. The van der Waals surface area contributed by atoms with Gasteiger partial charge in [-0.2, -0.15) is 0 Å². The number of likely N-dealkylation sites (N-methyl/N-ethyl adjacent to an activating group) is 1. The quantitative estimate of drug-likeness (QED) is 0.205. The van der Waals surface area contributed by atoms with E-state index in [1.54, 1.807) is 11.5 Å². The predicted octanol–water partition coefficient (Wildman–Crippen LogP) is 0.0768. The number of allylic oxidation sites excluding steroid dienone is 1. The molecule has 32 heavy (non-hydrogen) atoms. The summed E-state index contributed by atoms with van der Waals surface area (Å²) in [7, 11) is 7.35. The third-order valence-electron chi connectivity index (χ3n) is 4.68. The van der Waals surface area contributed by atoms with Gasteiger partial charge in [-0.25, -0.2) is 9.78 Å². The van der Waals surface area contributed by atoms with Crippen molar-refractivity contribution in [1.29, 1.82) is 0 Å². The number of thioether (sulfide) groups is 1. The van der Waals surface area contributed by atoms with Crippen molar-refractivity contribution in [2.24, 2.45) is 5.16 Å². The number of nitrogens with one attached hydrogen (secondary N) is 1. The number of hydrogen-bond donors (Lipinski definition) is 3. The van der Waals surface area contributed by atoms with E-state index in [9.17, 15) is 19.5 Å². The molecule has 11 nitrogen and oxygen atoms in total. The van der Waals surface area contributed by atoms with Crippen LogP contribution in [-0.4, -0.2) is 95.6 Å². The maximum absolute atomic E-state index is 12.8. The molecule has 0 aliphatic carbocycles. The second kappa shape index (κ2) is 9.30. The van der Waals surface area contributed by atoms with Crippen molar-refractivity contribution in [3.05, 3.63) is 33.8 Å². The first-order valence-electron chi connectivity index (χ1n) is 9.57.